The van der Waals surface area contributed by atoms with Gasteiger partial charge in [0.1, 0.15) is 5.75 Å². The number of hydrogen-bond acceptors (Lipinski definition) is 3. The van der Waals surface area contributed by atoms with Crippen LogP contribution in [-0.2, 0) is 13.1 Å². The fourth-order valence-corrected chi connectivity index (χ4v) is 2.58. The minimum atomic E-state index is 0.763. The molecule has 0 saturated heterocycles. The molecule has 2 aromatic rings. The van der Waals surface area contributed by atoms with E-state index in [1.807, 2.05) is 31.3 Å². The predicted molar refractivity (Wildman–Crippen MR) is 89.3 cm³/mol. The molecule has 112 valence electrons. The second-order valence-electron chi connectivity index (χ2n) is 5.01. The van der Waals surface area contributed by atoms with Gasteiger partial charge in [-0.05, 0) is 48.5 Å². The minimum absolute atomic E-state index is 0.763. The van der Waals surface area contributed by atoms with Crippen molar-refractivity contribution in [1.82, 2.24) is 5.32 Å². The molecule has 1 N–H and O–H groups in total. The van der Waals surface area contributed by atoms with Gasteiger partial charge >= 0.3 is 0 Å². The summed E-state index contributed by atoms with van der Waals surface area (Å²) < 4.78 is 5.27. The van der Waals surface area contributed by atoms with Crippen molar-refractivity contribution in [3.05, 3.63) is 58.6 Å². The summed E-state index contributed by atoms with van der Waals surface area (Å²) in [6, 6.07) is 14.1. The number of halogens is 1. The SMILES string of the molecule is CNCc1cc(Cl)ccc1N(C)Cc1cccc(OC)c1. The highest BCUT2D eigenvalue weighted by molar-refractivity contribution is 6.30. The van der Waals surface area contributed by atoms with Gasteiger partial charge in [-0.25, -0.2) is 0 Å². The van der Waals surface area contributed by atoms with Crippen LogP contribution in [0.25, 0.3) is 0 Å². The van der Waals surface area contributed by atoms with Crippen LogP contribution in [0.4, 0.5) is 5.69 Å². The Kier molecular flexibility index (Phi) is 5.48. The van der Waals surface area contributed by atoms with E-state index in [-0.39, 0.29) is 0 Å². The maximum absolute atomic E-state index is 6.09. The van der Waals surface area contributed by atoms with E-state index < -0.39 is 0 Å². The maximum Gasteiger partial charge on any atom is 0.119 e. The van der Waals surface area contributed by atoms with Gasteiger partial charge in [-0.15, -0.1) is 0 Å². The van der Waals surface area contributed by atoms with Crippen LogP contribution in [0.2, 0.25) is 5.02 Å². The van der Waals surface area contributed by atoms with Crippen molar-refractivity contribution in [3.8, 4) is 5.75 Å². The van der Waals surface area contributed by atoms with Gasteiger partial charge in [0.2, 0.25) is 0 Å². The lowest BCUT2D eigenvalue weighted by Gasteiger charge is -2.23. The molecule has 2 aromatic carbocycles. The zero-order chi connectivity index (χ0) is 15.2. The molecule has 0 aromatic heterocycles. The molecular formula is C17H21ClN2O. The Labute approximate surface area is 131 Å². The standard InChI is InChI=1S/C17H21ClN2O/c1-19-11-14-10-15(18)7-8-17(14)20(2)12-13-5-4-6-16(9-13)21-3/h4-10,19H,11-12H2,1-3H3. The van der Waals surface area contributed by atoms with Crippen LogP contribution in [0.1, 0.15) is 11.1 Å². The Morgan fingerprint density at radius 3 is 2.71 bits per heavy atom. The molecule has 0 bridgehead atoms. The van der Waals surface area contributed by atoms with Crippen LogP contribution in [-0.4, -0.2) is 21.2 Å². The van der Waals surface area contributed by atoms with Crippen LogP contribution in [0.3, 0.4) is 0 Å². The molecule has 0 aliphatic carbocycles. The normalized spacial score (nSPS) is 10.5. The van der Waals surface area contributed by atoms with Crippen LogP contribution in [0, 0.1) is 0 Å². The van der Waals surface area contributed by atoms with Gasteiger partial charge in [0.25, 0.3) is 0 Å². The van der Waals surface area contributed by atoms with Crippen molar-refractivity contribution >= 4 is 17.3 Å². The summed E-state index contributed by atoms with van der Waals surface area (Å²) in [5, 5.41) is 3.95. The number of ether oxygens (including phenoxy) is 1. The number of nitrogens with one attached hydrogen (secondary N) is 1. The van der Waals surface area contributed by atoms with Crippen LogP contribution in [0.15, 0.2) is 42.5 Å². The van der Waals surface area contributed by atoms with Crippen molar-refractivity contribution in [1.29, 1.82) is 0 Å². The van der Waals surface area contributed by atoms with Crippen molar-refractivity contribution in [2.24, 2.45) is 0 Å². The maximum atomic E-state index is 6.09. The average Bonchev–Trinajstić information content (AvgIpc) is 2.48. The average molecular weight is 305 g/mol. The smallest absolute Gasteiger partial charge is 0.119 e. The Balaban J connectivity index is 2.21. The van der Waals surface area contributed by atoms with Crippen LogP contribution >= 0.6 is 11.6 Å². The quantitative estimate of drug-likeness (QED) is 0.880. The molecule has 0 fully saturated rings. The lowest BCUT2D eigenvalue weighted by atomic mass is 10.1. The summed E-state index contributed by atoms with van der Waals surface area (Å²) >= 11 is 6.09. The molecule has 0 aliphatic heterocycles. The second-order valence-corrected chi connectivity index (χ2v) is 5.45. The molecule has 0 unspecified atom stereocenters. The first-order chi connectivity index (χ1) is 10.1. The minimum Gasteiger partial charge on any atom is -0.497 e. The Morgan fingerprint density at radius 1 is 1.19 bits per heavy atom. The molecule has 0 spiro atoms. The third-order valence-electron chi connectivity index (χ3n) is 3.37. The molecule has 0 radical (unpaired) electrons. The summed E-state index contributed by atoms with van der Waals surface area (Å²) in [7, 11) is 5.71. The van der Waals surface area contributed by atoms with Crippen LogP contribution in [0.5, 0.6) is 5.75 Å². The molecule has 0 saturated carbocycles. The summed E-state index contributed by atoms with van der Waals surface area (Å²) in [6.45, 7) is 1.61. The molecule has 0 atom stereocenters. The molecule has 0 heterocycles. The largest absolute Gasteiger partial charge is 0.497 e. The Hall–Kier alpha value is -1.71. The zero-order valence-electron chi connectivity index (χ0n) is 12.7. The topological polar surface area (TPSA) is 24.5 Å². The number of anilines is 1. The number of rotatable bonds is 6. The van der Waals surface area contributed by atoms with E-state index in [1.54, 1.807) is 7.11 Å². The lowest BCUT2D eigenvalue weighted by Crippen LogP contribution is -2.19. The van der Waals surface area contributed by atoms with E-state index in [9.17, 15) is 0 Å². The van der Waals surface area contributed by atoms with Gasteiger partial charge in [-0.1, -0.05) is 23.7 Å². The summed E-state index contributed by atoms with van der Waals surface area (Å²) in [5.41, 5.74) is 3.58. The number of benzene rings is 2. The van der Waals surface area contributed by atoms with Gasteiger partial charge in [-0.3, -0.25) is 0 Å². The van der Waals surface area contributed by atoms with Crippen molar-refractivity contribution in [2.75, 3.05) is 26.1 Å². The highest BCUT2D eigenvalue weighted by Gasteiger charge is 2.09. The van der Waals surface area contributed by atoms with Gasteiger partial charge < -0.3 is 15.0 Å². The van der Waals surface area contributed by atoms with Crippen molar-refractivity contribution < 1.29 is 4.74 Å². The van der Waals surface area contributed by atoms with E-state index >= 15 is 0 Å². The highest BCUT2D eigenvalue weighted by atomic mass is 35.5. The summed E-state index contributed by atoms with van der Waals surface area (Å²) in [5.74, 6) is 0.882. The van der Waals surface area contributed by atoms with Gasteiger partial charge in [0, 0.05) is 30.8 Å². The van der Waals surface area contributed by atoms with E-state index in [4.69, 9.17) is 16.3 Å². The first-order valence-corrected chi connectivity index (χ1v) is 7.29. The fourth-order valence-electron chi connectivity index (χ4n) is 2.39. The van der Waals surface area contributed by atoms with E-state index in [2.05, 4.69) is 35.5 Å². The van der Waals surface area contributed by atoms with Crippen molar-refractivity contribution in [2.45, 2.75) is 13.1 Å². The zero-order valence-corrected chi connectivity index (χ0v) is 13.4. The molecule has 0 amide bonds. The van der Waals surface area contributed by atoms with Gasteiger partial charge in [-0.2, -0.15) is 0 Å². The van der Waals surface area contributed by atoms with Gasteiger partial charge in [0.05, 0.1) is 7.11 Å². The van der Waals surface area contributed by atoms with Crippen molar-refractivity contribution in [3.63, 3.8) is 0 Å². The third-order valence-corrected chi connectivity index (χ3v) is 3.61. The second kappa shape index (κ2) is 7.34. The number of nitrogens with zero attached hydrogens (tertiary/aromatic N) is 1. The molecule has 3 nitrogen and oxygen atoms in total. The highest BCUT2D eigenvalue weighted by Crippen LogP contribution is 2.25. The first kappa shape index (κ1) is 15.7. The Morgan fingerprint density at radius 2 is 2.00 bits per heavy atom. The lowest BCUT2D eigenvalue weighted by molar-refractivity contribution is 0.414. The summed E-state index contributed by atoms with van der Waals surface area (Å²) in [4.78, 5) is 2.22. The van der Waals surface area contributed by atoms with E-state index in [0.717, 1.165) is 23.9 Å². The molecule has 4 heteroatoms. The van der Waals surface area contributed by atoms with Gasteiger partial charge in [0.15, 0.2) is 0 Å². The number of hydrogen-bond donors (Lipinski definition) is 1. The molecule has 0 aliphatic rings. The third kappa shape index (κ3) is 4.13. The summed E-state index contributed by atoms with van der Waals surface area (Å²) in [6.07, 6.45) is 0. The van der Waals surface area contributed by atoms with E-state index in [0.29, 0.717) is 0 Å². The van der Waals surface area contributed by atoms with Crippen LogP contribution < -0.4 is 15.0 Å². The molecular weight excluding hydrogens is 284 g/mol. The Bertz CT molecular complexity index is 601. The predicted octanol–water partition coefficient (Wildman–Crippen LogP) is 3.70. The number of methoxy groups -OCH3 is 1. The first-order valence-electron chi connectivity index (χ1n) is 6.91. The monoisotopic (exact) mass is 304 g/mol. The van der Waals surface area contributed by atoms with E-state index in [1.165, 1.54) is 16.8 Å². The fraction of sp³-hybridized carbons (Fsp3) is 0.294. The molecule has 21 heavy (non-hydrogen) atoms. The molecule has 2 rings (SSSR count).